The fourth-order valence-corrected chi connectivity index (χ4v) is 3.92. The van der Waals surface area contributed by atoms with Gasteiger partial charge < -0.3 is 19.6 Å². The highest BCUT2D eigenvalue weighted by Crippen LogP contribution is 2.39. The minimum atomic E-state index is -0.794. The zero-order chi connectivity index (χ0) is 23.3. The van der Waals surface area contributed by atoms with Crippen molar-refractivity contribution in [1.29, 1.82) is 0 Å². The van der Waals surface area contributed by atoms with Crippen molar-refractivity contribution in [3.05, 3.63) is 71.0 Å². The maximum atomic E-state index is 13.6. The third kappa shape index (κ3) is 4.83. The van der Waals surface area contributed by atoms with Crippen LogP contribution >= 0.6 is 0 Å². The summed E-state index contributed by atoms with van der Waals surface area (Å²) in [6.45, 7) is 8.96. The molecule has 3 rings (SSSR count). The van der Waals surface area contributed by atoms with Crippen LogP contribution in [0, 0.1) is 5.82 Å². The molecular formula is C25H29FN2O4. The Bertz CT molecular complexity index is 982. The van der Waals surface area contributed by atoms with Crippen LogP contribution in [0.2, 0.25) is 0 Å². The number of ether oxygens (including phenoxy) is 1. The van der Waals surface area contributed by atoms with E-state index >= 15 is 0 Å². The van der Waals surface area contributed by atoms with Crippen molar-refractivity contribution in [3.8, 4) is 5.75 Å². The molecule has 1 fully saturated rings. The number of carbonyl (C=O) groups is 2. The van der Waals surface area contributed by atoms with Crippen molar-refractivity contribution in [2.24, 2.45) is 0 Å². The van der Waals surface area contributed by atoms with Crippen LogP contribution in [0.1, 0.15) is 37.9 Å². The number of aliphatic hydroxyl groups excluding tert-OH is 1. The van der Waals surface area contributed by atoms with Crippen molar-refractivity contribution in [3.63, 3.8) is 0 Å². The van der Waals surface area contributed by atoms with E-state index in [1.54, 1.807) is 36.4 Å². The number of nitrogens with zero attached hydrogens (tertiary/aromatic N) is 2. The molecule has 0 aromatic heterocycles. The van der Waals surface area contributed by atoms with Gasteiger partial charge in [-0.3, -0.25) is 9.59 Å². The monoisotopic (exact) mass is 440 g/mol. The molecule has 2 aromatic carbocycles. The van der Waals surface area contributed by atoms with Gasteiger partial charge in [0.05, 0.1) is 18.2 Å². The first kappa shape index (κ1) is 23.5. The van der Waals surface area contributed by atoms with Gasteiger partial charge in [0.1, 0.15) is 17.3 Å². The molecule has 1 atom stereocenters. The molecule has 6 nitrogen and oxygen atoms in total. The summed E-state index contributed by atoms with van der Waals surface area (Å²) >= 11 is 0. The zero-order valence-electron chi connectivity index (χ0n) is 18.7. The number of likely N-dealkylation sites (N-methyl/N-ethyl adjacent to an activating group) is 1. The Morgan fingerprint density at radius 1 is 1.03 bits per heavy atom. The van der Waals surface area contributed by atoms with Crippen LogP contribution in [-0.4, -0.2) is 59.4 Å². The Morgan fingerprint density at radius 3 is 2.22 bits per heavy atom. The first-order valence-corrected chi connectivity index (χ1v) is 10.9. The van der Waals surface area contributed by atoms with Crippen molar-refractivity contribution in [2.45, 2.75) is 26.8 Å². The number of rotatable bonds is 9. The smallest absolute Gasteiger partial charge is 0.295 e. The van der Waals surface area contributed by atoms with Crippen LogP contribution < -0.4 is 4.74 Å². The summed E-state index contributed by atoms with van der Waals surface area (Å²) in [5.41, 5.74) is 0.977. The molecule has 0 bridgehead atoms. The number of benzene rings is 2. The lowest BCUT2D eigenvalue weighted by Crippen LogP contribution is -2.38. The molecule has 1 amide bonds. The van der Waals surface area contributed by atoms with E-state index in [1.165, 1.54) is 17.0 Å². The second-order valence-electron chi connectivity index (χ2n) is 7.53. The highest BCUT2D eigenvalue weighted by molar-refractivity contribution is 6.46. The lowest BCUT2D eigenvalue weighted by atomic mass is 9.95. The molecule has 0 radical (unpaired) electrons. The average Bonchev–Trinajstić information content (AvgIpc) is 3.05. The molecular weight excluding hydrogens is 411 g/mol. The molecule has 1 aliphatic rings. The number of amides is 1. The molecule has 1 heterocycles. The molecule has 170 valence electrons. The minimum absolute atomic E-state index is 0.00492. The molecule has 0 aliphatic carbocycles. The van der Waals surface area contributed by atoms with Crippen LogP contribution in [0.3, 0.4) is 0 Å². The highest BCUT2D eigenvalue weighted by Gasteiger charge is 2.45. The molecule has 1 unspecified atom stereocenters. The predicted octanol–water partition coefficient (Wildman–Crippen LogP) is 3.99. The minimum Gasteiger partial charge on any atom is -0.507 e. The summed E-state index contributed by atoms with van der Waals surface area (Å²) in [7, 11) is 0. The number of likely N-dealkylation sites (tertiary alicyclic amines) is 1. The third-order valence-electron chi connectivity index (χ3n) is 5.72. The summed E-state index contributed by atoms with van der Waals surface area (Å²) in [4.78, 5) is 29.6. The Labute approximate surface area is 187 Å². The SMILES string of the molecule is CCOc1ccc(/C(O)=C2/C(=O)C(=O)N(CCN(CC)CC)C2c2ccc(F)cc2)cc1. The average molecular weight is 441 g/mol. The fourth-order valence-electron chi connectivity index (χ4n) is 3.92. The number of aliphatic hydroxyl groups is 1. The Balaban J connectivity index is 2.05. The van der Waals surface area contributed by atoms with Crippen LogP contribution in [0.5, 0.6) is 5.75 Å². The van der Waals surface area contributed by atoms with E-state index in [1.807, 2.05) is 20.8 Å². The molecule has 1 N–H and O–H groups in total. The number of ketones is 1. The van der Waals surface area contributed by atoms with Crippen molar-refractivity contribution >= 4 is 17.4 Å². The van der Waals surface area contributed by atoms with E-state index in [0.29, 0.717) is 36.6 Å². The van der Waals surface area contributed by atoms with Crippen molar-refractivity contribution in [2.75, 3.05) is 32.8 Å². The Hall–Kier alpha value is -3.19. The molecule has 0 spiro atoms. The molecule has 1 aliphatic heterocycles. The van der Waals surface area contributed by atoms with Crippen LogP contribution in [0.15, 0.2) is 54.1 Å². The fraction of sp³-hybridized carbons (Fsp3) is 0.360. The topological polar surface area (TPSA) is 70.1 Å². The van der Waals surface area contributed by atoms with E-state index in [0.717, 1.165) is 13.1 Å². The number of halogens is 1. The van der Waals surface area contributed by atoms with E-state index in [2.05, 4.69) is 4.90 Å². The maximum Gasteiger partial charge on any atom is 0.295 e. The van der Waals surface area contributed by atoms with Gasteiger partial charge in [-0.1, -0.05) is 26.0 Å². The van der Waals surface area contributed by atoms with Gasteiger partial charge in [-0.05, 0) is 62.0 Å². The number of hydrogen-bond acceptors (Lipinski definition) is 5. The Kier molecular flexibility index (Phi) is 7.64. The second kappa shape index (κ2) is 10.4. The standard InChI is InChI=1S/C25H29FN2O4/c1-4-27(5-2)15-16-28-22(17-7-11-19(26)12-8-17)21(24(30)25(28)31)23(29)18-9-13-20(14-10-18)32-6-3/h7-14,22,29H,4-6,15-16H2,1-3H3/b23-21-. The molecule has 1 saturated heterocycles. The lowest BCUT2D eigenvalue weighted by Gasteiger charge is -2.28. The van der Waals surface area contributed by atoms with E-state index in [-0.39, 0.29) is 11.3 Å². The van der Waals surface area contributed by atoms with E-state index in [9.17, 15) is 19.1 Å². The highest BCUT2D eigenvalue weighted by atomic mass is 19.1. The molecule has 7 heteroatoms. The van der Waals surface area contributed by atoms with Crippen LogP contribution in [0.4, 0.5) is 4.39 Å². The van der Waals surface area contributed by atoms with Gasteiger partial charge in [0, 0.05) is 18.7 Å². The molecule has 32 heavy (non-hydrogen) atoms. The van der Waals surface area contributed by atoms with Crippen molar-refractivity contribution in [1.82, 2.24) is 9.80 Å². The van der Waals surface area contributed by atoms with E-state index < -0.39 is 23.5 Å². The van der Waals surface area contributed by atoms with Crippen LogP contribution in [0.25, 0.3) is 5.76 Å². The van der Waals surface area contributed by atoms with Gasteiger partial charge >= 0.3 is 0 Å². The quantitative estimate of drug-likeness (QED) is 0.363. The summed E-state index contributed by atoms with van der Waals surface area (Å²) in [5, 5.41) is 11.1. The number of carbonyl (C=O) groups excluding carboxylic acids is 2. The van der Waals surface area contributed by atoms with Gasteiger partial charge in [-0.25, -0.2) is 4.39 Å². The summed E-state index contributed by atoms with van der Waals surface area (Å²) < 4.78 is 19.0. The van der Waals surface area contributed by atoms with Crippen LogP contribution in [-0.2, 0) is 9.59 Å². The van der Waals surface area contributed by atoms with Gasteiger partial charge in [0.25, 0.3) is 11.7 Å². The van der Waals surface area contributed by atoms with Gasteiger partial charge in [-0.2, -0.15) is 0 Å². The third-order valence-corrected chi connectivity index (χ3v) is 5.72. The maximum absolute atomic E-state index is 13.6. The number of hydrogen-bond donors (Lipinski definition) is 1. The molecule has 0 saturated carbocycles. The predicted molar refractivity (Wildman–Crippen MR) is 121 cm³/mol. The van der Waals surface area contributed by atoms with Crippen molar-refractivity contribution < 1.29 is 23.8 Å². The largest absolute Gasteiger partial charge is 0.507 e. The first-order valence-electron chi connectivity index (χ1n) is 10.9. The Morgan fingerprint density at radius 2 is 1.66 bits per heavy atom. The second-order valence-corrected chi connectivity index (χ2v) is 7.53. The lowest BCUT2D eigenvalue weighted by molar-refractivity contribution is -0.140. The summed E-state index contributed by atoms with van der Waals surface area (Å²) in [6, 6.07) is 11.6. The normalized spacial score (nSPS) is 17.9. The molecule has 2 aromatic rings. The van der Waals surface area contributed by atoms with Gasteiger partial charge in [-0.15, -0.1) is 0 Å². The number of Topliss-reactive ketones (excluding diaryl/α,β-unsaturated/α-hetero) is 1. The summed E-state index contributed by atoms with van der Waals surface area (Å²) in [5.74, 6) is -1.45. The van der Waals surface area contributed by atoms with E-state index in [4.69, 9.17) is 4.74 Å². The zero-order valence-corrected chi connectivity index (χ0v) is 18.7. The van der Waals surface area contributed by atoms with Gasteiger partial charge in [0.15, 0.2) is 0 Å². The summed E-state index contributed by atoms with van der Waals surface area (Å²) in [6.07, 6.45) is 0. The first-order chi connectivity index (χ1) is 15.4. The van der Waals surface area contributed by atoms with Gasteiger partial charge in [0.2, 0.25) is 0 Å².